The molecular formula is C27H35N5O3. The maximum atomic E-state index is 13.4. The number of nitrogens with one attached hydrogen (secondary N) is 1. The van der Waals surface area contributed by atoms with E-state index in [-0.39, 0.29) is 11.9 Å². The Hall–Kier alpha value is -3.52. The zero-order valence-corrected chi connectivity index (χ0v) is 21.5. The molecule has 0 saturated carbocycles. The van der Waals surface area contributed by atoms with Gasteiger partial charge < -0.3 is 24.6 Å². The van der Waals surface area contributed by atoms with E-state index in [0.717, 1.165) is 54.1 Å². The first-order valence-corrected chi connectivity index (χ1v) is 11.9. The van der Waals surface area contributed by atoms with Gasteiger partial charge in [-0.2, -0.15) is 5.10 Å². The number of methoxy groups -OCH3 is 2. The van der Waals surface area contributed by atoms with Crippen molar-refractivity contribution in [2.24, 2.45) is 7.05 Å². The van der Waals surface area contributed by atoms with E-state index in [0.29, 0.717) is 17.1 Å². The molecule has 2 heterocycles. The molecule has 1 aliphatic heterocycles. The molecular weight excluding hydrogens is 442 g/mol. The van der Waals surface area contributed by atoms with Crippen LogP contribution in [0.25, 0.3) is 11.1 Å². The lowest BCUT2D eigenvalue weighted by Crippen LogP contribution is -2.44. The minimum Gasteiger partial charge on any atom is -0.496 e. The number of rotatable bonds is 7. The predicted molar refractivity (Wildman–Crippen MR) is 139 cm³/mol. The molecule has 1 amide bonds. The minimum atomic E-state index is -0.287. The smallest absolute Gasteiger partial charge is 0.252 e. The first kappa shape index (κ1) is 24.6. The number of likely N-dealkylation sites (N-methyl/N-ethyl adjacent to an activating group) is 1. The number of aryl methyl sites for hydroxylation is 2. The van der Waals surface area contributed by atoms with Crippen molar-refractivity contribution in [1.82, 2.24) is 20.0 Å². The Bertz CT molecular complexity index is 1200. The van der Waals surface area contributed by atoms with Gasteiger partial charge in [-0.25, -0.2) is 0 Å². The highest BCUT2D eigenvalue weighted by Crippen LogP contribution is 2.38. The second-order valence-electron chi connectivity index (χ2n) is 9.18. The van der Waals surface area contributed by atoms with Gasteiger partial charge in [-0.3, -0.25) is 9.48 Å². The number of amides is 1. The molecule has 35 heavy (non-hydrogen) atoms. The molecule has 0 aliphatic carbocycles. The van der Waals surface area contributed by atoms with E-state index in [1.54, 1.807) is 25.1 Å². The van der Waals surface area contributed by atoms with Crippen LogP contribution in [0, 0.1) is 6.92 Å². The van der Waals surface area contributed by atoms with Gasteiger partial charge >= 0.3 is 0 Å². The second-order valence-corrected chi connectivity index (χ2v) is 9.18. The first-order chi connectivity index (χ1) is 16.8. The van der Waals surface area contributed by atoms with E-state index in [1.165, 1.54) is 0 Å². The molecule has 1 aliphatic rings. The lowest BCUT2D eigenvalue weighted by molar-refractivity contribution is 0.0939. The van der Waals surface area contributed by atoms with E-state index >= 15 is 0 Å². The fourth-order valence-electron chi connectivity index (χ4n) is 4.52. The van der Waals surface area contributed by atoms with Crippen molar-refractivity contribution < 1.29 is 14.3 Å². The molecule has 8 heteroatoms. The molecule has 0 spiro atoms. The number of ether oxygens (including phenoxy) is 2. The van der Waals surface area contributed by atoms with Crippen LogP contribution in [0.5, 0.6) is 11.5 Å². The summed E-state index contributed by atoms with van der Waals surface area (Å²) in [4.78, 5) is 18.1. The van der Waals surface area contributed by atoms with Crippen LogP contribution < -0.4 is 19.7 Å². The Labute approximate surface area is 207 Å². The maximum absolute atomic E-state index is 13.4. The molecule has 1 aromatic heterocycles. The van der Waals surface area contributed by atoms with E-state index in [9.17, 15) is 4.79 Å². The van der Waals surface area contributed by atoms with Crippen LogP contribution in [-0.4, -0.2) is 68.0 Å². The summed E-state index contributed by atoms with van der Waals surface area (Å²) in [6.07, 6.45) is 3.73. The Morgan fingerprint density at radius 1 is 1.03 bits per heavy atom. The average Bonchev–Trinajstić information content (AvgIpc) is 3.29. The van der Waals surface area contributed by atoms with Gasteiger partial charge in [0.25, 0.3) is 5.91 Å². The molecule has 1 atom stereocenters. The lowest BCUT2D eigenvalue weighted by Gasteiger charge is -2.34. The predicted octanol–water partition coefficient (Wildman–Crippen LogP) is 3.66. The number of hydrogen-bond acceptors (Lipinski definition) is 6. The summed E-state index contributed by atoms with van der Waals surface area (Å²) in [7, 11) is 7.28. The zero-order valence-electron chi connectivity index (χ0n) is 21.5. The van der Waals surface area contributed by atoms with Crippen LogP contribution in [0.15, 0.2) is 42.7 Å². The first-order valence-electron chi connectivity index (χ1n) is 11.9. The fourth-order valence-corrected chi connectivity index (χ4v) is 4.52. The molecule has 1 N–H and O–H groups in total. The van der Waals surface area contributed by atoms with Crippen molar-refractivity contribution in [1.29, 1.82) is 0 Å². The van der Waals surface area contributed by atoms with Crippen LogP contribution in [0.4, 0.5) is 5.69 Å². The highest BCUT2D eigenvalue weighted by atomic mass is 16.5. The Kier molecular flexibility index (Phi) is 7.31. The molecule has 1 fully saturated rings. The molecule has 4 rings (SSSR count). The van der Waals surface area contributed by atoms with Gasteiger partial charge in [-0.15, -0.1) is 0 Å². The molecule has 8 nitrogen and oxygen atoms in total. The molecule has 3 aromatic rings. The van der Waals surface area contributed by atoms with Gasteiger partial charge in [0.1, 0.15) is 11.5 Å². The van der Waals surface area contributed by atoms with Gasteiger partial charge in [0.2, 0.25) is 0 Å². The summed E-state index contributed by atoms with van der Waals surface area (Å²) in [6, 6.07) is 9.72. The third-order valence-electron chi connectivity index (χ3n) is 6.72. The van der Waals surface area contributed by atoms with Crippen molar-refractivity contribution in [3.8, 4) is 22.6 Å². The second kappa shape index (κ2) is 10.4. The summed E-state index contributed by atoms with van der Waals surface area (Å²) >= 11 is 0. The Morgan fingerprint density at radius 2 is 1.74 bits per heavy atom. The number of hydrogen-bond donors (Lipinski definition) is 1. The monoisotopic (exact) mass is 477 g/mol. The normalized spacial score (nSPS) is 15.1. The van der Waals surface area contributed by atoms with Crippen LogP contribution in [0.2, 0.25) is 0 Å². The summed E-state index contributed by atoms with van der Waals surface area (Å²) in [5, 5.41) is 7.47. The summed E-state index contributed by atoms with van der Waals surface area (Å²) in [5.41, 5.74) is 5.42. The van der Waals surface area contributed by atoms with Gasteiger partial charge in [0.15, 0.2) is 0 Å². The van der Waals surface area contributed by atoms with Crippen molar-refractivity contribution in [3.63, 3.8) is 0 Å². The van der Waals surface area contributed by atoms with Gasteiger partial charge in [0, 0.05) is 73.4 Å². The third kappa shape index (κ3) is 5.27. The van der Waals surface area contributed by atoms with Gasteiger partial charge in [-0.1, -0.05) is 6.07 Å². The molecule has 186 valence electrons. The van der Waals surface area contributed by atoms with Crippen LogP contribution >= 0.6 is 0 Å². The highest BCUT2D eigenvalue weighted by Gasteiger charge is 2.22. The fraction of sp³-hybridized carbons (Fsp3) is 0.407. The number of carbonyl (C=O) groups excluding carboxylic acids is 1. The Balaban J connectivity index is 1.60. The highest BCUT2D eigenvalue weighted by molar-refractivity contribution is 5.97. The zero-order chi connectivity index (χ0) is 25.1. The maximum Gasteiger partial charge on any atom is 0.252 e. The topological polar surface area (TPSA) is 71.9 Å². The van der Waals surface area contributed by atoms with E-state index in [2.05, 4.69) is 33.3 Å². The lowest BCUT2D eigenvalue weighted by atomic mass is 9.99. The number of carbonyl (C=O) groups is 1. The number of nitrogens with zero attached hydrogens (tertiary/aromatic N) is 4. The number of piperazine rings is 1. The molecule has 0 bridgehead atoms. The number of aromatic nitrogens is 2. The molecule has 1 saturated heterocycles. The van der Waals surface area contributed by atoms with Crippen molar-refractivity contribution >= 4 is 11.6 Å². The third-order valence-corrected chi connectivity index (χ3v) is 6.72. The van der Waals surface area contributed by atoms with Gasteiger partial charge in [0.05, 0.1) is 26.5 Å². The SMILES string of the molecule is COc1cc(OC)c([C@@H](C)NC(=O)c2cc(N3CCN(C)CC3)ccc2C)cc1-c1cnn(C)c1. The molecule has 0 radical (unpaired) electrons. The van der Waals surface area contributed by atoms with Crippen LogP contribution in [0.3, 0.4) is 0 Å². The average molecular weight is 478 g/mol. The van der Waals surface area contributed by atoms with E-state index in [4.69, 9.17) is 9.47 Å². The van der Waals surface area contributed by atoms with E-state index in [1.807, 2.05) is 51.4 Å². The quantitative estimate of drug-likeness (QED) is 0.560. The van der Waals surface area contributed by atoms with Crippen molar-refractivity contribution in [2.45, 2.75) is 19.9 Å². The van der Waals surface area contributed by atoms with Gasteiger partial charge in [-0.05, 0) is 44.7 Å². The van der Waals surface area contributed by atoms with Crippen molar-refractivity contribution in [3.05, 3.63) is 59.4 Å². The van der Waals surface area contributed by atoms with E-state index < -0.39 is 0 Å². The van der Waals surface area contributed by atoms with Crippen LogP contribution in [0.1, 0.15) is 34.5 Å². The summed E-state index contributed by atoms with van der Waals surface area (Å²) in [6.45, 7) is 7.89. The Morgan fingerprint density at radius 3 is 2.37 bits per heavy atom. The van der Waals surface area contributed by atoms with Crippen LogP contribution in [-0.2, 0) is 7.05 Å². The summed E-state index contributed by atoms with van der Waals surface area (Å²) < 4.78 is 13.0. The molecule has 0 unspecified atom stereocenters. The standard InChI is InChI=1S/C27H35N5O3/c1-18-7-8-21(32-11-9-30(3)10-12-32)13-22(18)27(33)29-19(2)23-14-24(20-16-28-31(4)17-20)26(35-6)15-25(23)34-5/h7-8,13-17,19H,9-12H2,1-6H3,(H,29,33)/t19-/m1/s1. The number of anilines is 1. The molecule has 2 aromatic carbocycles. The van der Waals surface area contributed by atoms with Crippen molar-refractivity contribution in [2.75, 3.05) is 52.3 Å². The summed E-state index contributed by atoms with van der Waals surface area (Å²) in [5.74, 6) is 1.24. The minimum absolute atomic E-state index is 0.105. The largest absolute Gasteiger partial charge is 0.496 e. The number of benzene rings is 2.